The first-order chi connectivity index (χ1) is 9.11. The second kappa shape index (κ2) is 5.47. The van der Waals surface area contributed by atoms with Gasteiger partial charge in [0.05, 0.1) is 24.0 Å². The summed E-state index contributed by atoms with van der Waals surface area (Å²) >= 11 is 0. The Morgan fingerprint density at radius 1 is 1.53 bits per heavy atom. The molecule has 0 bridgehead atoms. The van der Waals surface area contributed by atoms with Gasteiger partial charge in [0.2, 0.25) is 0 Å². The molecule has 0 fully saturated rings. The number of carbonyl (C=O) groups is 1. The number of nitrogens with one attached hydrogen (secondary N) is 2. The molecule has 0 unspecified atom stereocenters. The minimum atomic E-state index is -0.551. The highest BCUT2D eigenvalue weighted by Crippen LogP contribution is 2.13. The summed E-state index contributed by atoms with van der Waals surface area (Å²) in [6.45, 7) is 0.314. The van der Waals surface area contributed by atoms with Gasteiger partial charge in [-0.25, -0.2) is 9.37 Å². The lowest BCUT2D eigenvalue weighted by atomic mass is 10.2. The average Bonchev–Trinajstić information content (AvgIpc) is 2.81. The zero-order chi connectivity index (χ0) is 13.8. The molecular formula is C12H14FN5O. The third kappa shape index (κ3) is 2.87. The van der Waals surface area contributed by atoms with Crippen LogP contribution in [-0.4, -0.2) is 27.7 Å². The monoisotopic (exact) mass is 263 g/mol. The van der Waals surface area contributed by atoms with Crippen molar-refractivity contribution in [3.63, 3.8) is 0 Å². The molecule has 0 saturated heterocycles. The van der Waals surface area contributed by atoms with E-state index >= 15 is 0 Å². The van der Waals surface area contributed by atoms with Crippen LogP contribution in [0.25, 0.3) is 0 Å². The summed E-state index contributed by atoms with van der Waals surface area (Å²) in [6.07, 6.45) is 2.70. The lowest BCUT2D eigenvalue weighted by Crippen LogP contribution is -2.25. The Bertz CT molecular complexity index is 596. The number of rotatable bonds is 4. The van der Waals surface area contributed by atoms with E-state index in [1.165, 1.54) is 0 Å². The fraction of sp³-hybridized carbons (Fsp3) is 0.250. The molecule has 1 amide bonds. The number of aromatic nitrogens is 3. The van der Waals surface area contributed by atoms with Gasteiger partial charge < -0.3 is 10.6 Å². The number of pyridine rings is 1. The molecule has 0 atom stereocenters. The maximum atomic E-state index is 13.1. The zero-order valence-electron chi connectivity index (χ0n) is 10.6. The fourth-order valence-electron chi connectivity index (χ4n) is 1.65. The summed E-state index contributed by atoms with van der Waals surface area (Å²) in [5.74, 6) is -0.605. The highest BCUT2D eigenvalue weighted by Gasteiger charge is 2.13. The summed E-state index contributed by atoms with van der Waals surface area (Å²) in [5.41, 5.74) is 1.02. The molecule has 0 aliphatic rings. The zero-order valence-corrected chi connectivity index (χ0v) is 10.6. The second-order valence-corrected chi connectivity index (χ2v) is 3.93. The summed E-state index contributed by atoms with van der Waals surface area (Å²) < 4.78 is 14.8. The molecule has 100 valence electrons. The summed E-state index contributed by atoms with van der Waals surface area (Å²) in [5, 5.41) is 9.45. The number of anilines is 1. The van der Waals surface area contributed by atoms with Gasteiger partial charge in [-0.15, -0.1) is 0 Å². The van der Waals surface area contributed by atoms with E-state index < -0.39 is 11.7 Å². The van der Waals surface area contributed by atoms with Crippen LogP contribution in [0.15, 0.2) is 24.5 Å². The van der Waals surface area contributed by atoms with Gasteiger partial charge in [-0.1, -0.05) is 0 Å². The van der Waals surface area contributed by atoms with Crippen molar-refractivity contribution in [1.82, 2.24) is 20.1 Å². The molecule has 2 heterocycles. The van der Waals surface area contributed by atoms with E-state index in [-0.39, 0.29) is 5.56 Å². The van der Waals surface area contributed by atoms with Crippen LogP contribution in [-0.2, 0) is 13.6 Å². The Labute approximate surface area is 109 Å². The molecular weight excluding hydrogens is 249 g/mol. The van der Waals surface area contributed by atoms with Crippen molar-refractivity contribution >= 4 is 11.7 Å². The van der Waals surface area contributed by atoms with Crippen molar-refractivity contribution in [2.24, 2.45) is 7.05 Å². The van der Waals surface area contributed by atoms with E-state index in [1.807, 2.05) is 0 Å². The van der Waals surface area contributed by atoms with Crippen molar-refractivity contribution in [1.29, 1.82) is 0 Å². The third-order valence-electron chi connectivity index (χ3n) is 2.69. The molecule has 0 saturated carbocycles. The van der Waals surface area contributed by atoms with Crippen molar-refractivity contribution in [3.8, 4) is 0 Å². The van der Waals surface area contributed by atoms with Crippen LogP contribution in [0.4, 0.5) is 10.2 Å². The molecule has 0 aliphatic heterocycles. The number of aryl methyl sites for hydroxylation is 1. The highest BCUT2D eigenvalue weighted by molar-refractivity contribution is 5.98. The van der Waals surface area contributed by atoms with Crippen LogP contribution < -0.4 is 10.6 Å². The molecule has 2 rings (SSSR count). The van der Waals surface area contributed by atoms with E-state index in [4.69, 9.17) is 0 Å². The number of hydrogen-bond donors (Lipinski definition) is 2. The Balaban J connectivity index is 2.12. The predicted octanol–water partition coefficient (Wildman–Crippen LogP) is 0.926. The number of carbonyl (C=O) groups excluding carboxylic acids is 1. The van der Waals surface area contributed by atoms with Gasteiger partial charge in [-0.3, -0.25) is 9.48 Å². The SMILES string of the molecule is CNc1ncc(F)cc1C(=O)NCc1ccnn1C. The fourth-order valence-corrected chi connectivity index (χ4v) is 1.65. The molecule has 19 heavy (non-hydrogen) atoms. The minimum Gasteiger partial charge on any atom is -0.372 e. The first-order valence-electron chi connectivity index (χ1n) is 5.70. The topological polar surface area (TPSA) is 71.8 Å². The van der Waals surface area contributed by atoms with Crippen LogP contribution in [0.2, 0.25) is 0 Å². The van der Waals surface area contributed by atoms with Crippen molar-refractivity contribution in [2.75, 3.05) is 12.4 Å². The molecule has 0 aliphatic carbocycles. The first kappa shape index (κ1) is 13.0. The van der Waals surface area contributed by atoms with Crippen molar-refractivity contribution < 1.29 is 9.18 Å². The second-order valence-electron chi connectivity index (χ2n) is 3.93. The van der Waals surface area contributed by atoms with E-state index in [1.54, 1.807) is 31.0 Å². The third-order valence-corrected chi connectivity index (χ3v) is 2.69. The van der Waals surface area contributed by atoms with Crippen LogP contribution in [0, 0.1) is 5.82 Å². The van der Waals surface area contributed by atoms with Gasteiger partial charge in [0, 0.05) is 20.3 Å². The molecule has 7 heteroatoms. The van der Waals surface area contributed by atoms with Gasteiger partial charge >= 0.3 is 0 Å². The summed E-state index contributed by atoms with van der Waals surface area (Å²) in [4.78, 5) is 15.8. The molecule has 6 nitrogen and oxygen atoms in total. The number of nitrogens with zero attached hydrogens (tertiary/aromatic N) is 3. The Kier molecular flexibility index (Phi) is 3.74. The standard InChI is InChI=1S/C12H14FN5O/c1-14-11-10(5-8(13)6-15-11)12(19)16-7-9-3-4-17-18(9)2/h3-6H,7H2,1-2H3,(H,14,15)(H,16,19). The van der Waals surface area contributed by atoms with E-state index in [0.29, 0.717) is 12.4 Å². The van der Waals surface area contributed by atoms with E-state index in [0.717, 1.165) is 18.0 Å². The molecule has 2 aromatic heterocycles. The van der Waals surface area contributed by atoms with Crippen LogP contribution in [0.3, 0.4) is 0 Å². The Hall–Kier alpha value is -2.44. The van der Waals surface area contributed by atoms with Gasteiger partial charge in [0.25, 0.3) is 5.91 Å². The number of amides is 1. The number of halogens is 1. The van der Waals surface area contributed by atoms with Crippen LogP contribution in [0.5, 0.6) is 0 Å². The largest absolute Gasteiger partial charge is 0.372 e. The molecule has 0 radical (unpaired) electrons. The quantitative estimate of drug-likeness (QED) is 0.860. The van der Waals surface area contributed by atoms with Gasteiger partial charge in [-0.2, -0.15) is 5.10 Å². The Morgan fingerprint density at radius 2 is 2.32 bits per heavy atom. The van der Waals surface area contributed by atoms with Gasteiger partial charge in [-0.05, 0) is 12.1 Å². The average molecular weight is 263 g/mol. The number of hydrogen-bond acceptors (Lipinski definition) is 4. The summed E-state index contributed by atoms with van der Waals surface area (Å²) in [6, 6.07) is 2.94. The summed E-state index contributed by atoms with van der Waals surface area (Å²) in [7, 11) is 3.41. The maximum Gasteiger partial charge on any atom is 0.255 e. The van der Waals surface area contributed by atoms with Crippen molar-refractivity contribution in [2.45, 2.75) is 6.54 Å². The van der Waals surface area contributed by atoms with E-state index in [9.17, 15) is 9.18 Å². The highest BCUT2D eigenvalue weighted by atomic mass is 19.1. The molecule has 2 N–H and O–H groups in total. The normalized spacial score (nSPS) is 10.3. The molecule has 0 spiro atoms. The lowest BCUT2D eigenvalue weighted by Gasteiger charge is -2.09. The van der Waals surface area contributed by atoms with Crippen molar-refractivity contribution in [3.05, 3.63) is 41.6 Å². The smallest absolute Gasteiger partial charge is 0.255 e. The van der Waals surface area contributed by atoms with E-state index in [2.05, 4.69) is 20.7 Å². The maximum absolute atomic E-state index is 13.1. The minimum absolute atomic E-state index is 0.171. The first-order valence-corrected chi connectivity index (χ1v) is 5.70. The predicted molar refractivity (Wildman–Crippen MR) is 68.1 cm³/mol. The van der Waals surface area contributed by atoms with Crippen LogP contribution >= 0.6 is 0 Å². The molecule has 0 aromatic carbocycles. The Morgan fingerprint density at radius 3 is 2.95 bits per heavy atom. The lowest BCUT2D eigenvalue weighted by molar-refractivity contribution is 0.0950. The van der Waals surface area contributed by atoms with Gasteiger partial charge in [0.1, 0.15) is 11.6 Å². The van der Waals surface area contributed by atoms with Crippen LogP contribution in [0.1, 0.15) is 16.1 Å². The molecule has 2 aromatic rings. The van der Waals surface area contributed by atoms with Gasteiger partial charge in [0.15, 0.2) is 0 Å².